The second kappa shape index (κ2) is 9.33. The number of carboxylic acids is 1. The molecule has 0 aliphatic rings. The van der Waals surface area contributed by atoms with E-state index in [2.05, 4.69) is 16.4 Å². The Balaban J connectivity index is 1.78. The molecule has 0 bridgehead atoms. The van der Waals surface area contributed by atoms with Gasteiger partial charge >= 0.3 is 5.97 Å². The van der Waals surface area contributed by atoms with Crippen molar-refractivity contribution in [3.63, 3.8) is 0 Å². The largest absolute Gasteiger partial charge is 0.480 e. The average molecular weight is 437 g/mol. The molecule has 0 aliphatic carbocycles. The molecule has 1 unspecified atom stereocenters. The zero-order chi connectivity index (χ0) is 23.4. The SMILES string of the molecule is CC(Nc1c(C#N)c(-c2ccc(/C=C/c3ccccc3)cc2)nc2ccc(F)cc12)C(=O)O. The normalized spacial score (nSPS) is 11.9. The fourth-order valence-electron chi connectivity index (χ4n) is 3.49. The number of rotatable bonds is 6. The molecule has 1 aromatic heterocycles. The first kappa shape index (κ1) is 21.7. The maximum Gasteiger partial charge on any atom is 0.325 e. The highest BCUT2D eigenvalue weighted by atomic mass is 19.1. The monoisotopic (exact) mass is 437 g/mol. The molecule has 2 N–H and O–H groups in total. The molecule has 4 aromatic rings. The van der Waals surface area contributed by atoms with E-state index in [1.165, 1.54) is 25.1 Å². The van der Waals surface area contributed by atoms with Gasteiger partial charge in [-0.25, -0.2) is 9.37 Å². The van der Waals surface area contributed by atoms with Crippen molar-refractivity contribution in [1.82, 2.24) is 4.98 Å². The number of aliphatic carboxylic acids is 1. The number of nitrogens with zero attached hydrogens (tertiary/aromatic N) is 2. The number of hydrogen-bond acceptors (Lipinski definition) is 4. The van der Waals surface area contributed by atoms with E-state index in [1.54, 1.807) is 0 Å². The summed E-state index contributed by atoms with van der Waals surface area (Å²) < 4.78 is 14.0. The summed E-state index contributed by atoms with van der Waals surface area (Å²) in [6, 6.07) is 22.7. The third-order valence-electron chi connectivity index (χ3n) is 5.24. The Morgan fingerprint density at radius 3 is 2.36 bits per heavy atom. The maximum absolute atomic E-state index is 14.0. The number of anilines is 1. The Labute approximate surface area is 190 Å². The molecular formula is C27H20FN3O2. The van der Waals surface area contributed by atoms with Gasteiger partial charge in [0.1, 0.15) is 23.5 Å². The first-order chi connectivity index (χ1) is 16.0. The van der Waals surface area contributed by atoms with Gasteiger partial charge in [-0.3, -0.25) is 4.79 Å². The zero-order valence-electron chi connectivity index (χ0n) is 17.8. The van der Waals surface area contributed by atoms with Gasteiger partial charge in [-0.15, -0.1) is 0 Å². The summed E-state index contributed by atoms with van der Waals surface area (Å²) in [6.45, 7) is 1.46. The molecule has 1 heterocycles. The molecule has 0 fully saturated rings. The Morgan fingerprint density at radius 1 is 1.06 bits per heavy atom. The standard InChI is InChI=1S/C27H20FN3O2/c1-17(27(32)33)30-26-22-15-21(28)13-14-24(22)31-25(23(26)16-29)20-11-9-19(10-12-20)8-7-18-5-3-2-4-6-18/h2-15,17H,1H3,(H,30,31)(H,32,33)/b8-7+. The van der Waals surface area contributed by atoms with Crippen molar-refractivity contribution < 1.29 is 14.3 Å². The van der Waals surface area contributed by atoms with Crippen LogP contribution in [0.2, 0.25) is 0 Å². The van der Waals surface area contributed by atoms with Crippen molar-refractivity contribution in [3.8, 4) is 17.3 Å². The summed E-state index contributed by atoms with van der Waals surface area (Å²) in [7, 11) is 0. The summed E-state index contributed by atoms with van der Waals surface area (Å²) >= 11 is 0. The van der Waals surface area contributed by atoms with E-state index in [9.17, 15) is 19.6 Å². The minimum atomic E-state index is -1.09. The van der Waals surface area contributed by atoms with Gasteiger partial charge in [0.25, 0.3) is 0 Å². The Bertz CT molecular complexity index is 1390. The van der Waals surface area contributed by atoms with Gasteiger partial charge in [0, 0.05) is 10.9 Å². The van der Waals surface area contributed by atoms with E-state index in [1.807, 2.05) is 66.7 Å². The number of carboxylic acid groups (broad SMARTS) is 1. The van der Waals surface area contributed by atoms with Gasteiger partial charge in [-0.2, -0.15) is 5.26 Å². The van der Waals surface area contributed by atoms with Crippen LogP contribution in [0.3, 0.4) is 0 Å². The highest BCUT2D eigenvalue weighted by Crippen LogP contribution is 2.34. The summed E-state index contributed by atoms with van der Waals surface area (Å²) in [4.78, 5) is 16.0. The number of aromatic nitrogens is 1. The number of nitrogens with one attached hydrogen (secondary N) is 1. The van der Waals surface area contributed by atoms with Crippen molar-refractivity contribution >= 4 is 34.7 Å². The third kappa shape index (κ3) is 4.73. The van der Waals surface area contributed by atoms with E-state index < -0.39 is 17.8 Å². The molecule has 162 valence electrons. The molecule has 0 saturated heterocycles. The van der Waals surface area contributed by atoms with E-state index >= 15 is 0 Å². The highest BCUT2D eigenvalue weighted by molar-refractivity contribution is 5.99. The summed E-state index contributed by atoms with van der Waals surface area (Å²) in [6.07, 6.45) is 4.00. The number of halogens is 1. The minimum absolute atomic E-state index is 0.161. The lowest BCUT2D eigenvalue weighted by Gasteiger charge is -2.17. The number of benzene rings is 3. The van der Waals surface area contributed by atoms with Crippen LogP contribution in [0.25, 0.3) is 34.3 Å². The van der Waals surface area contributed by atoms with Crippen LogP contribution in [0.1, 0.15) is 23.6 Å². The summed E-state index contributed by atoms with van der Waals surface area (Å²) in [5.74, 6) is -1.59. The molecular weight excluding hydrogens is 417 g/mol. The topological polar surface area (TPSA) is 86.0 Å². The van der Waals surface area contributed by atoms with Gasteiger partial charge < -0.3 is 10.4 Å². The van der Waals surface area contributed by atoms with Crippen molar-refractivity contribution in [2.24, 2.45) is 0 Å². The molecule has 0 saturated carbocycles. The Hall–Kier alpha value is -4.50. The predicted octanol–water partition coefficient (Wildman–Crippen LogP) is 5.97. The quantitative estimate of drug-likeness (QED) is 0.363. The number of pyridine rings is 1. The number of fused-ring (bicyclic) bond motifs is 1. The molecule has 0 amide bonds. The molecule has 0 radical (unpaired) electrons. The van der Waals surface area contributed by atoms with Crippen LogP contribution in [-0.2, 0) is 4.79 Å². The fourth-order valence-corrected chi connectivity index (χ4v) is 3.49. The van der Waals surface area contributed by atoms with Crippen molar-refractivity contribution in [3.05, 3.63) is 95.3 Å². The van der Waals surface area contributed by atoms with E-state index in [0.717, 1.165) is 11.1 Å². The molecule has 3 aromatic carbocycles. The van der Waals surface area contributed by atoms with Gasteiger partial charge in [0.15, 0.2) is 0 Å². The summed E-state index contributed by atoms with van der Waals surface area (Å²) in [5.41, 5.74) is 4.02. The second-order valence-electron chi connectivity index (χ2n) is 7.55. The van der Waals surface area contributed by atoms with E-state index in [0.29, 0.717) is 22.2 Å². The number of nitriles is 1. The van der Waals surface area contributed by atoms with Crippen molar-refractivity contribution in [2.75, 3.05) is 5.32 Å². The van der Waals surface area contributed by atoms with E-state index in [-0.39, 0.29) is 11.3 Å². The van der Waals surface area contributed by atoms with Crippen LogP contribution in [0.5, 0.6) is 0 Å². The van der Waals surface area contributed by atoms with Crippen LogP contribution in [0.15, 0.2) is 72.8 Å². The van der Waals surface area contributed by atoms with E-state index in [4.69, 9.17) is 0 Å². The second-order valence-corrected chi connectivity index (χ2v) is 7.55. The van der Waals surface area contributed by atoms with Gasteiger partial charge in [-0.1, -0.05) is 66.7 Å². The van der Waals surface area contributed by atoms with Crippen molar-refractivity contribution in [1.29, 1.82) is 5.26 Å². The number of hydrogen-bond donors (Lipinski definition) is 2. The first-order valence-corrected chi connectivity index (χ1v) is 10.3. The van der Waals surface area contributed by atoms with Gasteiger partial charge in [0.2, 0.25) is 0 Å². The minimum Gasteiger partial charge on any atom is -0.480 e. The molecule has 4 rings (SSSR count). The molecule has 0 aliphatic heterocycles. The van der Waals surface area contributed by atoms with Crippen LogP contribution in [-0.4, -0.2) is 22.1 Å². The molecule has 5 nitrogen and oxygen atoms in total. The smallest absolute Gasteiger partial charge is 0.325 e. The summed E-state index contributed by atoms with van der Waals surface area (Å²) in [5, 5.41) is 22.5. The molecule has 1 atom stereocenters. The third-order valence-corrected chi connectivity index (χ3v) is 5.24. The van der Waals surface area contributed by atoms with Gasteiger partial charge in [0.05, 0.1) is 16.9 Å². The van der Waals surface area contributed by atoms with Crippen LogP contribution < -0.4 is 5.32 Å². The lowest BCUT2D eigenvalue weighted by molar-refractivity contribution is -0.137. The zero-order valence-corrected chi connectivity index (χ0v) is 17.8. The lowest BCUT2D eigenvalue weighted by atomic mass is 9.99. The van der Waals surface area contributed by atoms with Crippen LogP contribution >= 0.6 is 0 Å². The molecule has 0 spiro atoms. The predicted molar refractivity (Wildman–Crippen MR) is 128 cm³/mol. The van der Waals surface area contributed by atoms with Gasteiger partial charge in [-0.05, 0) is 36.2 Å². The Morgan fingerprint density at radius 2 is 1.73 bits per heavy atom. The maximum atomic E-state index is 14.0. The first-order valence-electron chi connectivity index (χ1n) is 10.3. The molecule has 6 heteroatoms. The van der Waals surface area contributed by atoms with Crippen molar-refractivity contribution in [2.45, 2.75) is 13.0 Å². The average Bonchev–Trinajstić information content (AvgIpc) is 2.83. The van der Waals surface area contributed by atoms with Crippen LogP contribution in [0, 0.1) is 17.1 Å². The Kier molecular flexibility index (Phi) is 6.14. The highest BCUT2D eigenvalue weighted by Gasteiger charge is 2.20. The fraction of sp³-hybridized carbons (Fsp3) is 0.0741. The number of carbonyl (C=O) groups is 1. The molecule has 33 heavy (non-hydrogen) atoms. The van der Waals surface area contributed by atoms with Crippen LogP contribution in [0.4, 0.5) is 10.1 Å². The lowest BCUT2D eigenvalue weighted by Crippen LogP contribution is -2.26.